The number of halogens is 2. The Morgan fingerprint density at radius 2 is 1.04 bits per heavy atom. The number of esters is 1. The maximum Gasteiger partial charge on any atom is 1.00 e. The van der Waals surface area contributed by atoms with Crippen molar-refractivity contribution >= 4 is 165 Å². The number of aromatic nitrogens is 14. The zero-order chi connectivity index (χ0) is 95.3. The molecule has 2 aliphatic carbocycles. The number of aliphatic hydroxyl groups is 1. The number of imidazole rings is 2. The van der Waals surface area contributed by atoms with Crippen LogP contribution in [-0.2, 0) is 147 Å². The summed E-state index contributed by atoms with van der Waals surface area (Å²) in [5, 5.41) is 18.8. The van der Waals surface area contributed by atoms with Crippen LogP contribution < -0.4 is 102 Å². The van der Waals surface area contributed by atoms with Crippen LogP contribution in [0, 0.1) is 0 Å². The van der Waals surface area contributed by atoms with E-state index in [1.807, 2.05) is 33.9 Å². The number of nitrogens with two attached hydrogens (primary N) is 3. The monoisotopic (exact) mass is 2080 g/mol. The van der Waals surface area contributed by atoms with Gasteiger partial charge in [0, 0.05) is 57.3 Å². The minimum Gasteiger partial charge on any atom is -0.780 e. The van der Waals surface area contributed by atoms with Crippen molar-refractivity contribution in [3.8, 4) is 0 Å². The number of nitrogens with zero attached hydrogens (tertiary/aromatic N) is 14. The molecule has 8 aromatic rings. The first-order valence-corrected chi connectivity index (χ1v) is 62.0. The van der Waals surface area contributed by atoms with Gasteiger partial charge in [-0.2, -0.15) is 19.9 Å². The molecular weight excluding hydrogens is 1960 g/mol. The molecule has 8 aromatic heterocycles. The van der Waals surface area contributed by atoms with E-state index in [2.05, 4.69) is 117 Å². The van der Waals surface area contributed by atoms with Crippen molar-refractivity contribution in [1.29, 1.82) is 0 Å². The standard InChI is InChI=1S/C40H62FN9O11P2S2Si2.C27H35FN10O9P2S2.2C6H15N.2Na/c1-40(2,3)67(7,8)61-32-26-20-56-62(52,64)59-31-25(57-37(29(31)41)49-18-23-12-9-10-13-24-28(23)35(49)45-21-44-24)19-55-63(53,65)60-33(32)38(58-26)50-22-46-30-34(42)47-39(48-36(30)50)43-15-11-14-27(51)54-16-17-66(4,5)6;28-17-20-15(45-25(17)37-7-12-3-1-2-4-13-16(12)23(37)33-10-32-13)9-43-49(41,51)47-21-19(39)14(8-42-48(40,50)46-20)44-26(21)38-11-34-18-22(30)35-27(31-6-5-29)36-24(18)38;2*1-4-7(5-2)6-3;;/h18,21-22,25-26,29,31-33,37-38H,9-17,19-20H2,1-8H3,(H,52,64)(H,53,65)(H3,42,43,47,48);7,10-11,14-15,17,19-21,25-26,39H,1-6,8-9,29H2,(H,40,50)(H,41,51)(H3,30,31,35,36);2*4-6H2,1-3H3;;/q;;;;2*+1/t25-,26-,29-,31-,32-,33?,37-,38-,62?,63?;14-,15-,17-,19-,20-,21-,25-,26-,48?,49?;;;;/m11..../s1. The first-order chi connectivity index (χ1) is 62.5. The summed E-state index contributed by atoms with van der Waals surface area (Å²) in [6, 6.07) is 0.886. The van der Waals surface area contributed by atoms with Crippen molar-refractivity contribution in [2.75, 3.05) is 114 Å². The first kappa shape index (κ1) is 111. The summed E-state index contributed by atoms with van der Waals surface area (Å²) in [5.41, 5.74) is 23.6. The number of anilines is 4. The summed E-state index contributed by atoms with van der Waals surface area (Å²) in [6.07, 6.45) is -5.61. The Balaban J connectivity index is 0.000000228. The molecule has 134 heavy (non-hydrogen) atoms. The van der Waals surface area contributed by atoms with Crippen LogP contribution in [0.15, 0.2) is 37.7 Å². The quantitative estimate of drug-likeness (QED) is 0.0141. The van der Waals surface area contributed by atoms with Gasteiger partial charge in [0.05, 0.1) is 96.3 Å². The molecule has 16 rings (SSSR count). The predicted octanol–water partition coefficient (Wildman–Crippen LogP) is 1.10. The summed E-state index contributed by atoms with van der Waals surface area (Å²) in [4.78, 5) is 97.0. The predicted molar refractivity (Wildman–Crippen MR) is 506 cm³/mol. The maximum absolute atomic E-state index is 16.9. The van der Waals surface area contributed by atoms with Gasteiger partial charge in [-0.25, -0.2) is 38.7 Å². The van der Waals surface area contributed by atoms with Gasteiger partial charge in [0.15, 0.2) is 75.3 Å². The van der Waals surface area contributed by atoms with Gasteiger partial charge in [-0.1, -0.05) is 52.2 Å². The smallest absolute Gasteiger partial charge is 0.780 e. The normalized spacial score (nSPS) is 30.2. The Kier molecular flexibility index (Phi) is 39.7. The molecule has 0 radical (unpaired) electrons. The summed E-state index contributed by atoms with van der Waals surface area (Å²) in [6.45, 7) is 19.5. The number of hydrogen-bond donors (Lipinski definition) is 10. The zero-order valence-corrected chi connectivity index (χ0v) is 91.7. The van der Waals surface area contributed by atoms with Crippen LogP contribution in [0.1, 0.15) is 148 Å². The van der Waals surface area contributed by atoms with Gasteiger partial charge in [0.1, 0.15) is 103 Å². The Labute approximate surface area is 845 Å². The van der Waals surface area contributed by atoms with Crippen LogP contribution in [-0.4, -0.2) is 271 Å². The third-order valence-electron chi connectivity index (χ3n) is 25.1. The molecule has 41 nitrogen and oxygen atoms in total. The Hall–Kier alpha value is -2.97. The Bertz CT molecular complexity index is 5490. The number of aryl methyl sites for hydroxylation is 4. The number of alkyl halides is 2. The summed E-state index contributed by atoms with van der Waals surface area (Å²) in [7, 11) is -4.06. The number of rotatable bonds is 23. The van der Waals surface area contributed by atoms with Crippen LogP contribution in [0.25, 0.3) is 44.4 Å². The van der Waals surface area contributed by atoms with E-state index >= 15 is 8.78 Å². The number of nitrogens with one attached hydrogen (secondary N) is 4. The molecule has 55 heteroatoms. The van der Waals surface area contributed by atoms with Crippen LogP contribution in [0.4, 0.5) is 32.3 Å². The molecular formula is C79H127F2N21Na2O20P4S4Si2+2. The molecule has 13 N–H and O–H groups in total. The minimum atomic E-state index is -4.53. The largest absolute Gasteiger partial charge is 1.00 e. The zero-order valence-electron chi connectivity index (χ0n) is 78.8. The number of carbonyl (C=O) groups excluding carboxylic acids is 1. The number of ether oxygens (including phenoxy) is 5. The van der Waals surface area contributed by atoms with Gasteiger partial charge >= 0.3 is 78.5 Å². The SMILES string of the molecule is CC(C)(C)[Si](C)(C)O[C@H]1C2OP(O)(=S)OC[C@H]3O[C@@H](n4cc5c6c(ncnc64)CCCC5)[C@H](F)[C@@H]3OP(=O)([S-])OC[C@H]1O[C@H]2n1cnc2c(N)nc(NCCCC(=O)OCC[Si](C)(C)C)nc21.CC[NH+](CC)CC.CC[NH+](CC)CC.NCCNc1nc(N)c2ncn([C@@H]3O[C@@H]4COP([O-])(=S)O[C@H]5[C@@H](F)[C@H](n6cc7c8c(ncnc86)CCCC7)O[C@@H]5COP(O)(=S)O[C@@H]3[C@@H]4O)c2n1.[Na+].[Na+]. The molecule has 0 amide bonds. The topological polar surface area (TPSA) is 507 Å². The number of carbonyl (C=O) groups is 1. The summed E-state index contributed by atoms with van der Waals surface area (Å²) < 4.78 is 138. The fourth-order valence-electron chi connectivity index (χ4n) is 16.7. The van der Waals surface area contributed by atoms with Crippen molar-refractivity contribution < 1.29 is 171 Å². The molecule has 5 unspecified atom stereocenters. The first-order valence-electron chi connectivity index (χ1n) is 45.0. The van der Waals surface area contributed by atoms with Gasteiger partial charge in [0.2, 0.25) is 11.9 Å². The fraction of sp³-hybridized carbons (Fsp3) is 0.709. The third-order valence-corrected chi connectivity index (χ3v) is 37.5. The number of quaternary nitrogens is 2. The number of aliphatic hydroxyl groups excluding tert-OH is 1. The molecule has 6 aliphatic heterocycles. The average molecular weight is 2080 g/mol. The average Bonchev–Trinajstić information content (AvgIpc) is 1.57. The van der Waals surface area contributed by atoms with E-state index in [9.17, 15) is 29.1 Å². The van der Waals surface area contributed by atoms with Gasteiger partial charge in [-0.15, -0.1) is 0 Å². The van der Waals surface area contributed by atoms with Crippen molar-refractivity contribution in [3.63, 3.8) is 0 Å². The molecule has 4 bridgehead atoms. The Morgan fingerprint density at radius 3 is 1.51 bits per heavy atom. The van der Waals surface area contributed by atoms with E-state index in [1.165, 1.54) is 69.1 Å². The van der Waals surface area contributed by atoms with Crippen LogP contribution in [0.2, 0.25) is 43.8 Å². The van der Waals surface area contributed by atoms with Crippen molar-refractivity contribution in [1.82, 2.24) is 68.1 Å². The Morgan fingerprint density at radius 1 is 0.597 bits per heavy atom. The maximum atomic E-state index is 16.9. The second-order valence-corrected chi connectivity index (χ2v) is 57.6. The molecule has 734 valence electrons. The van der Waals surface area contributed by atoms with E-state index in [1.54, 1.807) is 35.9 Å². The van der Waals surface area contributed by atoms with Gasteiger partial charge in [-0.05, 0) is 158 Å². The van der Waals surface area contributed by atoms with E-state index in [4.69, 9.17) is 134 Å². The summed E-state index contributed by atoms with van der Waals surface area (Å²) >= 11 is 21.7. The molecule has 0 spiro atoms. The summed E-state index contributed by atoms with van der Waals surface area (Å²) in [5.74, 6) is 0.128. The van der Waals surface area contributed by atoms with Crippen LogP contribution >= 0.6 is 27.0 Å². The molecule has 8 aliphatic rings. The molecule has 6 fully saturated rings. The molecule has 0 aromatic carbocycles. The molecule has 20 atom stereocenters. The van der Waals surface area contributed by atoms with Gasteiger partial charge in [0.25, 0.3) is 0 Å². The van der Waals surface area contributed by atoms with E-state index < -0.39 is 168 Å². The second kappa shape index (κ2) is 47.7. The molecule has 6 saturated heterocycles. The second-order valence-electron chi connectivity index (χ2n) is 36.3. The van der Waals surface area contributed by atoms with Crippen LogP contribution in [0.5, 0.6) is 0 Å². The minimum absolute atomic E-state index is 0. The molecule has 0 saturated carbocycles. The van der Waals surface area contributed by atoms with E-state index in [0.29, 0.717) is 44.0 Å². The van der Waals surface area contributed by atoms with E-state index in [-0.39, 0.29) is 122 Å². The van der Waals surface area contributed by atoms with E-state index in [0.717, 1.165) is 90.7 Å². The van der Waals surface area contributed by atoms with Crippen molar-refractivity contribution in [2.24, 2.45) is 5.73 Å². The molecule has 14 heterocycles. The number of nitrogen functional groups attached to an aromatic ring is 2. The van der Waals surface area contributed by atoms with Crippen molar-refractivity contribution in [2.45, 2.75) is 269 Å². The van der Waals surface area contributed by atoms with Gasteiger partial charge in [-0.3, -0.25) is 27.5 Å². The van der Waals surface area contributed by atoms with Gasteiger partial charge < -0.3 is 134 Å². The number of fused-ring (bicyclic) bond motifs is 8. The third kappa shape index (κ3) is 26.8. The van der Waals surface area contributed by atoms with Crippen molar-refractivity contribution in [3.05, 3.63) is 60.2 Å². The fourth-order valence-corrected chi connectivity index (χ4v) is 24.4. The van der Waals surface area contributed by atoms with Crippen LogP contribution in [0.3, 0.4) is 0 Å². The number of hydrogen-bond acceptors (Lipinski definition) is 37.